The molecule has 2 aromatic carbocycles. The van der Waals surface area contributed by atoms with Crippen molar-refractivity contribution in [1.82, 2.24) is 0 Å². The van der Waals surface area contributed by atoms with Crippen LogP contribution in [0.15, 0.2) is 71.6 Å². The van der Waals surface area contributed by atoms with Gasteiger partial charge in [-0.15, -0.1) is 23.1 Å². The van der Waals surface area contributed by atoms with Crippen molar-refractivity contribution in [1.29, 1.82) is 0 Å². The van der Waals surface area contributed by atoms with Gasteiger partial charge in [0, 0.05) is 27.6 Å². The lowest BCUT2D eigenvalue weighted by atomic mass is 10.1. The van der Waals surface area contributed by atoms with Crippen LogP contribution >= 0.6 is 23.1 Å². The summed E-state index contributed by atoms with van der Waals surface area (Å²) < 4.78 is 5.08. The Hall–Kier alpha value is -3.89. The topological polar surface area (TPSA) is 122 Å². The number of hydrogen-bond donors (Lipinski definition) is 3. The number of rotatable bonds is 9. The van der Waals surface area contributed by atoms with Gasteiger partial charge in [-0.2, -0.15) is 0 Å². The number of nitrogens with one attached hydrogen (secondary N) is 2. The average Bonchev–Trinajstić information content (AvgIpc) is 3.10. The molecule has 0 saturated carbocycles. The van der Waals surface area contributed by atoms with Crippen LogP contribution in [0.25, 0.3) is 0 Å². The Morgan fingerprint density at radius 3 is 2.49 bits per heavy atom. The van der Waals surface area contributed by atoms with Gasteiger partial charge >= 0.3 is 11.9 Å². The van der Waals surface area contributed by atoms with Crippen molar-refractivity contribution in [2.75, 3.05) is 17.7 Å². The molecule has 8 nitrogen and oxygen atoms in total. The maximum absolute atomic E-state index is 13.8. The third kappa shape index (κ3) is 7.36. The molecule has 10 heteroatoms. The molecule has 1 unspecified atom stereocenters. The molecule has 39 heavy (non-hydrogen) atoms. The summed E-state index contributed by atoms with van der Waals surface area (Å²) in [5.41, 5.74) is 2.66. The lowest BCUT2D eigenvalue weighted by Crippen LogP contribution is -2.20. The zero-order valence-corrected chi connectivity index (χ0v) is 22.9. The van der Waals surface area contributed by atoms with Gasteiger partial charge in [-0.05, 0) is 55.0 Å². The van der Waals surface area contributed by atoms with Gasteiger partial charge in [-0.25, -0.2) is 9.59 Å². The number of hydrogen-bond acceptors (Lipinski definition) is 7. The van der Waals surface area contributed by atoms with E-state index in [4.69, 9.17) is 9.84 Å². The fraction of sp³-hybridized carbons (Fsp3) is 0.241. The molecule has 0 aliphatic heterocycles. The number of fused-ring (bicyclic) bond motifs is 1. The third-order valence-electron chi connectivity index (χ3n) is 6.12. The molecule has 1 atom stereocenters. The fourth-order valence-electron chi connectivity index (χ4n) is 4.34. The molecule has 0 spiro atoms. The predicted octanol–water partition coefficient (Wildman–Crippen LogP) is 5.86. The first-order valence-corrected chi connectivity index (χ1v) is 14.1. The Labute approximate surface area is 234 Å². The lowest BCUT2D eigenvalue weighted by Gasteiger charge is -2.18. The van der Waals surface area contributed by atoms with Gasteiger partial charge in [0.05, 0.1) is 12.7 Å². The number of amides is 2. The van der Waals surface area contributed by atoms with Gasteiger partial charge < -0.3 is 20.5 Å². The van der Waals surface area contributed by atoms with Gasteiger partial charge in [-0.3, -0.25) is 9.59 Å². The van der Waals surface area contributed by atoms with Crippen LogP contribution in [0.4, 0.5) is 10.7 Å². The Morgan fingerprint density at radius 1 is 0.974 bits per heavy atom. The van der Waals surface area contributed by atoms with Crippen molar-refractivity contribution in [3.05, 3.63) is 88.3 Å². The van der Waals surface area contributed by atoms with Crippen molar-refractivity contribution in [2.45, 2.75) is 42.2 Å². The summed E-state index contributed by atoms with van der Waals surface area (Å²) in [5.74, 6) is -2.53. The van der Waals surface area contributed by atoms with Gasteiger partial charge in [0.25, 0.3) is 0 Å². The summed E-state index contributed by atoms with van der Waals surface area (Å²) in [7, 11) is 1.35. The fourth-order valence-corrected chi connectivity index (χ4v) is 6.70. The van der Waals surface area contributed by atoms with E-state index in [2.05, 4.69) is 10.6 Å². The highest BCUT2D eigenvalue weighted by Gasteiger charge is 2.29. The maximum Gasteiger partial charge on any atom is 0.341 e. The number of thioether (sulfide) groups is 1. The van der Waals surface area contributed by atoms with Crippen LogP contribution in [0, 0.1) is 0 Å². The number of benzene rings is 2. The number of carboxylic acid groups (broad SMARTS) is 1. The van der Waals surface area contributed by atoms with E-state index in [1.807, 2.05) is 36.4 Å². The molecule has 0 fully saturated rings. The van der Waals surface area contributed by atoms with Crippen LogP contribution in [0.3, 0.4) is 0 Å². The SMILES string of the molecule is COC(=O)c1c(NC(=O)C(Sc2cccc(NC(=O)/C=C/C(=O)O)c2)c2ccccc2)sc2c1CCCCC2. The highest BCUT2D eigenvalue weighted by Crippen LogP contribution is 2.41. The predicted molar refractivity (Wildman–Crippen MR) is 152 cm³/mol. The number of aliphatic carboxylic acids is 1. The van der Waals surface area contributed by atoms with Gasteiger partial charge in [0.1, 0.15) is 10.3 Å². The number of anilines is 2. The molecule has 202 valence electrons. The second-order valence-corrected chi connectivity index (χ2v) is 11.1. The van der Waals surface area contributed by atoms with E-state index >= 15 is 0 Å². The van der Waals surface area contributed by atoms with Crippen LogP contribution < -0.4 is 10.6 Å². The molecule has 1 aliphatic carbocycles. The molecule has 1 heterocycles. The second kappa shape index (κ2) is 13.3. The lowest BCUT2D eigenvalue weighted by molar-refractivity contribution is -0.131. The number of carboxylic acids is 1. The van der Waals surface area contributed by atoms with Crippen molar-refractivity contribution in [3.8, 4) is 0 Å². The minimum atomic E-state index is -1.22. The largest absolute Gasteiger partial charge is 0.478 e. The Balaban J connectivity index is 1.60. The van der Waals surface area contributed by atoms with Crippen LogP contribution in [0.2, 0.25) is 0 Å². The highest BCUT2D eigenvalue weighted by molar-refractivity contribution is 8.00. The van der Waals surface area contributed by atoms with E-state index in [1.54, 1.807) is 18.2 Å². The first-order chi connectivity index (χ1) is 18.9. The molecule has 0 saturated heterocycles. The first kappa shape index (κ1) is 28.1. The Morgan fingerprint density at radius 2 is 1.74 bits per heavy atom. The van der Waals surface area contributed by atoms with E-state index < -0.39 is 23.1 Å². The summed E-state index contributed by atoms with van der Waals surface area (Å²) in [4.78, 5) is 51.1. The molecule has 3 aromatic rings. The number of carbonyl (C=O) groups is 4. The van der Waals surface area contributed by atoms with E-state index in [0.29, 0.717) is 21.1 Å². The Kier molecular flexibility index (Phi) is 9.56. The number of methoxy groups -OCH3 is 1. The summed E-state index contributed by atoms with van der Waals surface area (Å²) in [6.07, 6.45) is 6.48. The van der Waals surface area contributed by atoms with Crippen LogP contribution in [-0.4, -0.2) is 36.0 Å². The van der Waals surface area contributed by atoms with E-state index in [-0.39, 0.29) is 5.91 Å². The molecule has 3 N–H and O–H groups in total. The maximum atomic E-state index is 13.8. The summed E-state index contributed by atoms with van der Waals surface area (Å²) >= 11 is 2.74. The molecule has 0 bridgehead atoms. The Bertz CT molecular complexity index is 1400. The molecular weight excluding hydrogens is 536 g/mol. The zero-order valence-electron chi connectivity index (χ0n) is 21.3. The monoisotopic (exact) mass is 564 g/mol. The summed E-state index contributed by atoms with van der Waals surface area (Å²) in [6.45, 7) is 0. The van der Waals surface area contributed by atoms with E-state index in [1.165, 1.54) is 30.2 Å². The summed E-state index contributed by atoms with van der Waals surface area (Å²) in [5, 5.41) is 14.2. The number of aryl methyl sites for hydroxylation is 1. The smallest absolute Gasteiger partial charge is 0.341 e. The first-order valence-electron chi connectivity index (χ1n) is 12.4. The zero-order chi connectivity index (χ0) is 27.8. The van der Waals surface area contributed by atoms with Crippen molar-refractivity contribution < 1.29 is 29.0 Å². The second-order valence-electron chi connectivity index (χ2n) is 8.85. The van der Waals surface area contributed by atoms with E-state index in [9.17, 15) is 19.2 Å². The molecule has 1 aromatic heterocycles. The highest BCUT2D eigenvalue weighted by atomic mass is 32.2. The molecular formula is C29H28N2O6S2. The molecule has 4 rings (SSSR count). The van der Waals surface area contributed by atoms with Gasteiger partial charge in [-0.1, -0.05) is 42.8 Å². The minimum absolute atomic E-state index is 0.286. The van der Waals surface area contributed by atoms with Gasteiger partial charge in [0.15, 0.2) is 0 Å². The van der Waals surface area contributed by atoms with Crippen LogP contribution in [0.5, 0.6) is 0 Å². The average molecular weight is 565 g/mol. The number of esters is 1. The van der Waals surface area contributed by atoms with E-state index in [0.717, 1.165) is 60.3 Å². The van der Waals surface area contributed by atoms with Crippen molar-refractivity contribution in [3.63, 3.8) is 0 Å². The molecule has 2 amide bonds. The van der Waals surface area contributed by atoms with Gasteiger partial charge in [0.2, 0.25) is 11.8 Å². The minimum Gasteiger partial charge on any atom is -0.478 e. The van der Waals surface area contributed by atoms with Crippen LogP contribution in [-0.2, 0) is 32.0 Å². The normalized spacial score (nSPS) is 13.7. The number of carbonyl (C=O) groups excluding carboxylic acids is 3. The van der Waals surface area contributed by atoms with Crippen LogP contribution in [0.1, 0.15) is 50.9 Å². The third-order valence-corrected chi connectivity index (χ3v) is 8.58. The number of ether oxygens (including phenoxy) is 1. The van der Waals surface area contributed by atoms with Crippen molar-refractivity contribution in [2.24, 2.45) is 0 Å². The molecule has 1 aliphatic rings. The number of thiophene rings is 1. The molecule has 0 radical (unpaired) electrons. The van der Waals surface area contributed by atoms with Crippen molar-refractivity contribution >= 4 is 57.5 Å². The quantitative estimate of drug-likeness (QED) is 0.129. The summed E-state index contributed by atoms with van der Waals surface area (Å²) in [6, 6.07) is 16.3. The standard InChI is InChI=1S/C29H28N2O6S2/c1-37-29(36)25-21-13-6-3-7-14-22(21)39-28(25)31-27(35)26(18-9-4-2-5-10-18)38-20-12-8-11-19(17-20)30-23(32)15-16-24(33)34/h2,4-5,8-12,15-17,26H,3,6-7,13-14H2,1H3,(H,30,32)(H,31,35)(H,33,34)/b16-15+.